The zero-order chi connectivity index (χ0) is 10.1. The van der Waals surface area contributed by atoms with E-state index < -0.39 is 0 Å². The molecule has 4 nitrogen and oxygen atoms in total. The van der Waals surface area contributed by atoms with Crippen LogP contribution in [0.4, 0.5) is 0 Å². The number of hydrogen-bond acceptors (Lipinski definition) is 3. The number of piperidine rings is 1. The summed E-state index contributed by atoms with van der Waals surface area (Å²) in [4.78, 5) is 12.1. The van der Waals surface area contributed by atoms with Gasteiger partial charge in [-0.2, -0.15) is 0 Å². The van der Waals surface area contributed by atoms with Crippen molar-refractivity contribution in [3.05, 3.63) is 24.2 Å². The fourth-order valence-electron chi connectivity index (χ4n) is 2.14. The molecule has 1 aliphatic rings. The number of H-pyrrole nitrogens is 1. The lowest BCUT2D eigenvalue weighted by Crippen LogP contribution is -2.28. The molecule has 1 atom stereocenters. The number of fused-ring (bicyclic) bond motifs is 1. The molecule has 4 heteroatoms. The minimum atomic E-state index is 0.521. The molecule has 2 N–H and O–H groups in total. The Labute approximate surface area is 88.1 Å². The minimum Gasteiger partial charge on any atom is -0.340 e. The number of imidazole rings is 1. The Morgan fingerprint density at radius 1 is 1.40 bits per heavy atom. The van der Waals surface area contributed by atoms with Gasteiger partial charge in [-0.1, -0.05) is 0 Å². The lowest BCUT2D eigenvalue weighted by Gasteiger charge is -2.20. The fraction of sp³-hybridized carbons (Fsp3) is 0.455. The van der Waals surface area contributed by atoms with Crippen LogP contribution in [0.15, 0.2) is 18.3 Å². The number of rotatable bonds is 1. The molecule has 0 spiro atoms. The zero-order valence-corrected chi connectivity index (χ0v) is 8.53. The highest BCUT2D eigenvalue weighted by atomic mass is 15.0. The first-order valence-electron chi connectivity index (χ1n) is 5.45. The minimum absolute atomic E-state index is 0.521. The molecule has 15 heavy (non-hydrogen) atoms. The van der Waals surface area contributed by atoms with E-state index in [9.17, 15) is 0 Å². The molecular formula is C11H14N4. The first-order chi connectivity index (χ1) is 7.43. The number of hydrogen-bond donors (Lipinski definition) is 2. The number of nitrogens with one attached hydrogen (secondary N) is 2. The molecule has 1 aliphatic heterocycles. The van der Waals surface area contributed by atoms with Gasteiger partial charge in [0, 0.05) is 18.7 Å². The Balaban J connectivity index is 1.96. The van der Waals surface area contributed by atoms with Crippen molar-refractivity contribution in [2.45, 2.75) is 18.8 Å². The van der Waals surface area contributed by atoms with Crippen molar-refractivity contribution in [3.8, 4) is 0 Å². The van der Waals surface area contributed by atoms with Crippen LogP contribution in [-0.2, 0) is 0 Å². The van der Waals surface area contributed by atoms with E-state index >= 15 is 0 Å². The molecule has 0 radical (unpaired) electrons. The van der Waals surface area contributed by atoms with E-state index in [2.05, 4.69) is 20.3 Å². The van der Waals surface area contributed by atoms with Crippen molar-refractivity contribution in [2.24, 2.45) is 0 Å². The molecule has 0 saturated carbocycles. The third-order valence-electron chi connectivity index (χ3n) is 2.96. The molecule has 3 rings (SSSR count). The average Bonchev–Trinajstić information content (AvgIpc) is 2.74. The number of aromatic amines is 1. The summed E-state index contributed by atoms with van der Waals surface area (Å²) in [5, 5.41) is 3.40. The predicted molar refractivity (Wildman–Crippen MR) is 58.7 cm³/mol. The lowest BCUT2D eigenvalue weighted by molar-refractivity contribution is 0.449. The summed E-state index contributed by atoms with van der Waals surface area (Å²) in [6.45, 7) is 2.16. The summed E-state index contributed by atoms with van der Waals surface area (Å²) in [5.41, 5.74) is 1.87. The van der Waals surface area contributed by atoms with Crippen molar-refractivity contribution < 1.29 is 0 Å². The Morgan fingerprint density at radius 3 is 3.20 bits per heavy atom. The Morgan fingerprint density at radius 2 is 2.40 bits per heavy atom. The van der Waals surface area contributed by atoms with Crippen molar-refractivity contribution >= 4 is 11.2 Å². The summed E-state index contributed by atoms with van der Waals surface area (Å²) in [7, 11) is 0. The first kappa shape index (κ1) is 8.85. The lowest BCUT2D eigenvalue weighted by atomic mass is 9.99. The fourth-order valence-corrected chi connectivity index (χ4v) is 2.14. The van der Waals surface area contributed by atoms with Crippen LogP contribution in [0.2, 0.25) is 0 Å². The van der Waals surface area contributed by atoms with Crippen LogP contribution >= 0.6 is 0 Å². The highest BCUT2D eigenvalue weighted by Crippen LogP contribution is 2.22. The molecule has 1 saturated heterocycles. The monoisotopic (exact) mass is 202 g/mol. The number of aromatic nitrogens is 3. The SMILES string of the molecule is c1cnc2nc([C@@H]3CCCNC3)[nH]c2c1. The molecule has 1 fully saturated rings. The standard InChI is InChI=1S/C11H14N4/c1-3-8(7-12-5-1)10-14-9-4-2-6-13-11(9)15-10/h2,4,6,8,12H,1,3,5,7H2,(H,13,14,15)/t8-/m1/s1. The van der Waals surface area contributed by atoms with Gasteiger partial charge in [-0.15, -0.1) is 0 Å². The highest BCUT2D eigenvalue weighted by Gasteiger charge is 2.18. The Hall–Kier alpha value is -1.42. The van der Waals surface area contributed by atoms with Gasteiger partial charge in [-0.25, -0.2) is 9.97 Å². The molecule has 78 valence electrons. The smallest absolute Gasteiger partial charge is 0.177 e. The summed E-state index contributed by atoms with van der Waals surface area (Å²) < 4.78 is 0. The molecule has 3 heterocycles. The van der Waals surface area contributed by atoms with Gasteiger partial charge in [0.25, 0.3) is 0 Å². The van der Waals surface area contributed by atoms with E-state index in [1.807, 2.05) is 12.1 Å². The third-order valence-corrected chi connectivity index (χ3v) is 2.96. The molecule has 0 amide bonds. The Kier molecular flexibility index (Phi) is 2.14. The maximum Gasteiger partial charge on any atom is 0.177 e. The van der Waals surface area contributed by atoms with Gasteiger partial charge >= 0.3 is 0 Å². The van der Waals surface area contributed by atoms with E-state index in [4.69, 9.17) is 0 Å². The topological polar surface area (TPSA) is 53.6 Å². The number of nitrogens with zero attached hydrogens (tertiary/aromatic N) is 2. The molecule has 2 aromatic rings. The van der Waals surface area contributed by atoms with Gasteiger partial charge in [-0.3, -0.25) is 0 Å². The van der Waals surface area contributed by atoms with Crippen molar-refractivity contribution in [2.75, 3.05) is 13.1 Å². The van der Waals surface area contributed by atoms with E-state index in [1.54, 1.807) is 6.20 Å². The Bertz CT molecular complexity index is 423. The molecule has 2 aromatic heterocycles. The largest absolute Gasteiger partial charge is 0.340 e. The van der Waals surface area contributed by atoms with E-state index in [-0.39, 0.29) is 0 Å². The maximum atomic E-state index is 4.53. The third kappa shape index (κ3) is 1.61. The normalized spacial score (nSPS) is 22.0. The van der Waals surface area contributed by atoms with Gasteiger partial charge in [0.2, 0.25) is 0 Å². The zero-order valence-electron chi connectivity index (χ0n) is 8.53. The van der Waals surface area contributed by atoms with Crippen molar-refractivity contribution in [1.82, 2.24) is 20.3 Å². The van der Waals surface area contributed by atoms with Crippen LogP contribution in [0.25, 0.3) is 11.2 Å². The highest BCUT2D eigenvalue weighted by molar-refractivity contribution is 5.70. The summed E-state index contributed by atoms with van der Waals surface area (Å²) >= 11 is 0. The molecule has 0 aromatic carbocycles. The van der Waals surface area contributed by atoms with Crippen LogP contribution in [0.3, 0.4) is 0 Å². The van der Waals surface area contributed by atoms with E-state index in [0.29, 0.717) is 5.92 Å². The predicted octanol–water partition coefficient (Wildman–Crippen LogP) is 1.42. The average molecular weight is 202 g/mol. The van der Waals surface area contributed by atoms with Crippen LogP contribution in [0.1, 0.15) is 24.6 Å². The van der Waals surface area contributed by atoms with Gasteiger partial charge in [0.15, 0.2) is 5.65 Å². The van der Waals surface area contributed by atoms with Crippen molar-refractivity contribution in [1.29, 1.82) is 0 Å². The van der Waals surface area contributed by atoms with Crippen LogP contribution < -0.4 is 5.32 Å². The quantitative estimate of drug-likeness (QED) is 0.735. The maximum absolute atomic E-state index is 4.53. The summed E-state index contributed by atoms with van der Waals surface area (Å²) in [6.07, 6.45) is 4.23. The van der Waals surface area contributed by atoms with Crippen LogP contribution in [-0.4, -0.2) is 28.0 Å². The van der Waals surface area contributed by atoms with Gasteiger partial charge in [0.05, 0.1) is 5.52 Å². The molecule has 0 aliphatic carbocycles. The van der Waals surface area contributed by atoms with Crippen LogP contribution in [0.5, 0.6) is 0 Å². The second-order valence-electron chi connectivity index (χ2n) is 4.04. The van der Waals surface area contributed by atoms with E-state index in [1.165, 1.54) is 12.8 Å². The molecular weight excluding hydrogens is 188 g/mol. The van der Waals surface area contributed by atoms with Gasteiger partial charge in [0.1, 0.15) is 5.82 Å². The second kappa shape index (κ2) is 3.62. The second-order valence-corrected chi connectivity index (χ2v) is 4.04. The molecule has 0 unspecified atom stereocenters. The van der Waals surface area contributed by atoms with Crippen LogP contribution in [0, 0.1) is 0 Å². The first-order valence-corrected chi connectivity index (χ1v) is 5.45. The van der Waals surface area contributed by atoms with Crippen molar-refractivity contribution in [3.63, 3.8) is 0 Å². The van der Waals surface area contributed by atoms with E-state index in [0.717, 1.165) is 30.1 Å². The molecule has 0 bridgehead atoms. The van der Waals surface area contributed by atoms with Gasteiger partial charge < -0.3 is 10.3 Å². The summed E-state index contributed by atoms with van der Waals surface area (Å²) in [5.74, 6) is 1.60. The van der Waals surface area contributed by atoms with Gasteiger partial charge in [-0.05, 0) is 31.5 Å². The summed E-state index contributed by atoms with van der Waals surface area (Å²) in [6, 6.07) is 3.96. The number of pyridine rings is 1.